The smallest absolute Gasteiger partial charge is 0.231 e. The molecule has 1 aromatic heterocycles. The highest BCUT2D eigenvalue weighted by atomic mass is 16.2. The molecular weight excluding hydrogens is 212 g/mol. The highest BCUT2D eigenvalue weighted by Crippen LogP contribution is 2.35. The van der Waals surface area contributed by atoms with Crippen molar-refractivity contribution in [2.24, 2.45) is 0 Å². The van der Waals surface area contributed by atoms with Crippen LogP contribution in [0.4, 0.5) is 5.69 Å². The zero-order valence-electron chi connectivity index (χ0n) is 9.47. The predicted molar refractivity (Wildman–Crippen MR) is 66.7 cm³/mol. The Kier molecular flexibility index (Phi) is 2.18. The summed E-state index contributed by atoms with van der Waals surface area (Å²) in [4.78, 5) is 15.7. The number of rotatable bonds is 1. The molecule has 0 saturated carbocycles. The average molecular weight is 224 g/mol. The van der Waals surface area contributed by atoms with Gasteiger partial charge < -0.3 is 5.32 Å². The van der Waals surface area contributed by atoms with Gasteiger partial charge in [0.15, 0.2) is 0 Å². The van der Waals surface area contributed by atoms with Crippen LogP contribution in [0.2, 0.25) is 0 Å². The standard InChI is InChI=1S/C14H12N2O/c1-9-12-5-4-10(7-13(12)16-14(9)17)11-3-2-6-15-8-11/h2-9H,1H3,(H,16,17). The minimum absolute atomic E-state index is 0.0482. The normalized spacial score (nSPS) is 17.7. The van der Waals surface area contributed by atoms with E-state index in [4.69, 9.17) is 0 Å². The lowest BCUT2D eigenvalue weighted by atomic mass is 9.99. The number of nitrogens with one attached hydrogen (secondary N) is 1. The first-order valence-corrected chi connectivity index (χ1v) is 5.61. The number of aromatic nitrogens is 1. The van der Waals surface area contributed by atoms with E-state index < -0.39 is 0 Å². The van der Waals surface area contributed by atoms with Gasteiger partial charge in [-0.15, -0.1) is 0 Å². The van der Waals surface area contributed by atoms with Crippen molar-refractivity contribution in [2.45, 2.75) is 12.8 Å². The molecule has 1 aromatic carbocycles. The molecule has 84 valence electrons. The molecule has 2 heterocycles. The zero-order chi connectivity index (χ0) is 11.8. The van der Waals surface area contributed by atoms with Gasteiger partial charge in [-0.25, -0.2) is 0 Å². The molecule has 2 aromatic rings. The largest absolute Gasteiger partial charge is 0.325 e. The van der Waals surface area contributed by atoms with Crippen molar-refractivity contribution in [2.75, 3.05) is 5.32 Å². The van der Waals surface area contributed by atoms with E-state index in [0.29, 0.717) is 0 Å². The molecule has 1 unspecified atom stereocenters. The van der Waals surface area contributed by atoms with Gasteiger partial charge in [0.05, 0.1) is 5.92 Å². The molecule has 0 radical (unpaired) electrons. The minimum atomic E-state index is -0.0482. The molecule has 1 N–H and O–H groups in total. The summed E-state index contributed by atoms with van der Waals surface area (Å²) in [7, 11) is 0. The van der Waals surface area contributed by atoms with Crippen molar-refractivity contribution in [1.29, 1.82) is 0 Å². The summed E-state index contributed by atoms with van der Waals surface area (Å²) in [5, 5.41) is 2.90. The van der Waals surface area contributed by atoms with Crippen LogP contribution in [-0.4, -0.2) is 10.9 Å². The van der Waals surface area contributed by atoms with Crippen LogP contribution in [0.5, 0.6) is 0 Å². The Morgan fingerprint density at radius 3 is 2.88 bits per heavy atom. The van der Waals surface area contributed by atoms with Gasteiger partial charge >= 0.3 is 0 Å². The molecule has 17 heavy (non-hydrogen) atoms. The fourth-order valence-electron chi connectivity index (χ4n) is 2.14. The van der Waals surface area contributed by atoms with Gasteiger partial charge in [0, 0.05) is 23.6 Å². The van der Waals surface area contributed by atoms with Crippen molar-refractivity contribution < 1.29 is 4.79 Å². The minimum Gasteiger partial charge on any atom is -0.325 e. The maximum Gasteiger partial charge on any atom is 0.231 e. The maximum atomic E-state index is 11.6. The second kappa shape index (κ2) is 3.70. The molecule has 0 aliphatic carbocycles. The fourth-order valence-corrected chi connectivity index (χ4v) is 2.14. The summed E-state index contributed by atoms with van der Waals surface area (Å²) < 4.78 is 0. The van der Waals surface area contributed by atoms with Crippen LogP contribution in [0.1, 0.15) is 18.4 Å². The quantitative estimate of drug-likeness (QED) is 0.809. The molecule has 0 saturated heterocycles. The number of carbonyl (C=O) groups excluding carboxylic acids is 1. The van der Waals surface area contributed by atoms with Gasteiger partial charge in [-0.3, -0.25) is 9.78 Å². The van der Waals surface area contributed by atoms with E-state index in [1.54, 1.807) is 6.20 Å². The van der Waals surface area contributed by atoms with Crippen LogP contribution in [0.15, 0.2) is 42.7 Å². The average Bonchev–Trinajstić information content (AvgIpc) is 2.66. The van der Waals surface area contributed by atoms with E-state index in [-0.39, 0.29) is 11.8 Å². The number of hydrogen-bond acceptors (Lipinski definition) is 2. The van der Waals surface area contributed by atoms with E-state index >= 15 is 0 Å². The number of benzene rings is 1. The maximum absolute atomic E-state index is 11.6. The first kappa shape index (κ1) is 10.0. The van der Waals surface area contributed by atoms with E-state index in [2.05, 4.69) is 10.3 Å². The van der Waals surface area contributed by atoms with Gasteiger partial charge in [-0.1, -0.05) is 18.2 Å². The third kappa shape index (κ3) is 1.60. The predicted octanol–water partition coefficient (Wildman–Crippen LogP) is 2.80. The van der Waals surface area contributed by atoms with Crippen LogP contribution in [0, 0.1) is 0 Å². The zero-order valence-corrected chi connectivity index (χ0v) is 9.47. The molecule has 1 amide bonds. The first-order valence-electron chi connectivity index (χ1n) is 5.61. The van der Waals surface area contributed by atoms with Gasteiger partial charge in [0.1, 0.15) is 0 Å². The number of hydrogen-bond donors (Lipinski definition) is 1. The molecule has 1 aliphatic rings. The summed E-state index contributed by atoms with van der Waals surface area (Å²) in [5.74, 6) is 0.0243. The molecule has 0 spiro atoms. The Morgan fingerprint density at radius 1 is 1.24 bits per heavy atom. The summed E-state index contributed by atoms with van der Waals surface area (Å²) >= 11 is 0. The second-order valence-corrected chi connectivity index (χ2v) is 4.25. The Bertz CT molecular complexity index is 578. The highest BCUT2D eigenvalue weighted by molar-refractivity contribution is 6.03. The second-order valence-electron chi connectivity index (χ2n) is 4.25. The summed E-state index contributed by atoms with van der Waals surface area (Å²) in [5.41, 5.74) is 4.13. The number of amides is 1. The van der Waals surface area contributed by atoms with E-state index in [1.165, 1.54) is 0 Å². The Hall–Kier alpha value is -2.16. The Labute approximate surface area is 99.5 Å². The van der Waals surface area contributed by atoms with Crippen LogP contribution in [0.3, 0.4) is 0 Å². The molecule has 3 nitrogen and oxygen atoms in total. The lowest BCUT2D eigenvalue weighted by Crippen LogP contribution is -2.08. The van der Waals surface area contributed by atoms with Crippen LogP contribution < -0.4 is 5.32 Å². The van der Waals surface area contributed by atoms with Crippen molar-refractivity contribution in [3.63, 3.8) is 0 Å². The van der Waals surface area contributed by atoms with Crippen molar-refractivity contribution in [3.8, 4) is 11.1 Å². The Balaban J connectivity index is 2.07. The molecule has 3 heteroatoms. The molecule has 0 bridgehead atoms. The SMILES string of the molecule is CC1C(=O)Nc2cc(-c3cccnc3)ccc21. The van der Waals surface area contributed by atoms with Gasteiger partial charge in [0.25, 0.3) is 0 Å². The van der Waals surface area contributed by atoms with E-state index in [1.807, 2.05) is 43.5 Å². The van der Waals surface area contributed by atoms with Crippen molar-refractivity contribution >= 4 is 11.6 Å². The number of carbonyl (C=O) groups is 1. The lowest BCUT2D eigenvalue weighted by Gasteiger charge is -2.05. The number of pyridine rings is 1. The summed E-state index contributed by atoms with van der Waals surface area (Å²) in [6.45, 7) is 1.92. The molecule has 1 aliphatic heterocycles. The van der Waals surface area contributed by atoms with Crippen molar-refractivity contribution in [1.82, 2.24) is 4.98 Å². The number of anilines is 1. The number of fused-ring (bicyclic) bond motifs is 1. The van der Waals surface area contributed by atoms with Crippen molar-refractivity contribution in [3.05, 3.63) is 48.3 Å². The fraction of sp³-hybridized carbons (Fsp3) is 0.143. The van der Waals surface area contributed by atoms with Crippen LogP contribution in [-0.2, 0) is 4.79 Å². The lowest BCUT2D eigenvalue weighted by molar-refractivity contribution is -0.116. The topological polar surface area (TPSA) is 42.0 Å². The van der Waals surface area contributed by atoms with Crippen LogP contribution >= 0.6 is 0 Å². The third-order valence-electron chi connectivity index (χ3n) is 3.17. The monoisotopic (exact) mass is 224 g/mol. The van der Waals surface area contributed by atoms with Crippen LogP contribution in [0.25, 0.3) is 11.1 Å². The molecule has 0 fully saturated rings. The highest BCUT2D eigenvalue weighted by Gasteiger charge is 2.26. The van der Waals surface area contributed by atoms with Gasteiger partial charge in [0.2, 0.25) is 5.91 Å². The Morgan fingerprint density at radius 2 is 2.12 bits per heavy atom. The molecular formula is C14H12N2O. The summed E-state index contributed by atoms with van der Waals surface area (Å²) in [6, 6.07) is 9.97. The first-order chi connectivity index (χ1) is 8.25. The van der Waals surface area contributed by atoms with E-state index in [0.717, 1.165) is 22.4 Å². The van der Waals surface area contributed by atoms with Gasteiger partial charge in [-0.2, -0.15) is 0 Å². The molecule has 1 atom stereocenters. The third-order valence-corrected chi connectivity index (χ3v) is 3.17. The van der Waals surface area contributed by atoms with E-state index in [9.17, 15) is 4.79 Å². The number of nitrogens with zero attached hydrogens (tertiary/aromatic N) is 1. The van der Waals surface area contributed by atoms with Gasteiger partial charge in [-0.05, 0) is 30.2 Å². The molecule has 3 rings (SSSR count). The summed E-state index contributed by atoms with van der Waals surface area (Å²) in [6.07, 6.45) is 3.57.